The highest BCUT2D eigenvalue weighted by Crippen LogP contribution is 2.24. The zero-order valence-electron chi connectivity index (χ0n) is 13.9. The fourth-order valence-corrected chi connectivity index (χ4v) is 2.67. The van der Waals surface area contributed by atoms with Crippen molar-refractivity contribution in [2.24, 2.45) is 5.92 Å². The second-order valence-electron chi connectivity index (χ2n) is 5.98. The van der Waals surface area contributed by atoms with Crippen LogP contribution < -0.4 is 10.1 Å². The molecule has 126 valence electrons. The highest BCUT2D eigenvalue weighted by atomic mass is 16.5. The topological polar surface area (TPSA) is 93.0 Å². The highest BCUT2D eigenvalue weighted by Gasteiger charge is 2.22. The molecular weight excluding hydrogens is 308 g/mol. The van der Waals surface area contributed by atoms with Gasteiger partial charge in [0.1, 0.15) is 5.75 Å². The maximum absolute atomic E-state index is 12.5. The number of benzene rings is 1. The van der Waals surface area contributed by atoms with Crippen molar-refractivity contribution in [1.82, 2.24) is 20.4 Å². The Morgan fingerprint density at radius 3 is 2.92 bits per heavy atom. The molecule has 0 fully saturated rings. The van der Waals surface area contributed by atoms with Gasteiger partial charge >= 0.3 is 0 Å². The van der Waals surface area contributed by atoms with Gasteiger partial charge in [-0.2, -0.15) is 4.98 Å². The summed E-state index contributed by atoms with van der Waals surface area (Å²) in [6.45, 7) is 4.00. The van der Waals surface area contributed by atoms with Gasteiger partial charge in [-0.15, -0.1) is 0 Å². The summed E-state index contributed by atoms with van der Waals surface area (Å²) in [6, 6.07) is 5.46. The third-order valence-corrected chi connectivity index (χ3v) is 3.97. The van der Waals surface area contributed by atoms with Crippen LogP contribution in [-0.2, 0) is 11.2 Å². The Kier molecular flexibility index (Phi) is 4.50. The molecule has 1 amide bonds. The predicted octanol–water partition coefficient (Wildman–Crippen LogP) is 2.62. The maximum atomic E-state index is 12.5. The van der Waals surface area contributed by atoms with E-state index in [1.54, 1.807) is 7.11 Å². The first kappa shape index (κ1) is 16.0. The molecule has 7 nitrogen and oxygen atoms in total. The van der Waals surface area contributed by atoms with Crippen LogP contribution in [0.3, 0.4) is 0 Å². The summed E-state index contributed by atoms with van der Waals surface area (Å²) in [5.41, 5.74) is 1.88. The number of hydrogen-bond acceptors (Lipinski definition) is 5. The van der Waals surface area contributed by atoms with E-state index in [0.29, 0.717) is 5.82 Å². The Labute approximate surface area is 139 Å². The first-order valence-electron chi connectivity index (χ1n) is 7.78. The fraction of sp³-hybridized carbons (Fsp3) is 0.353. The number of amides is 1. The Bertz CT molecular complexity index is 824. The SMILES string of the molecule is COc1ccc2[nH]cc(CC(=O)N[C@H](c3ncon3)C(C)C)c2c1. The first-order chi connectivity index (χ1) is 11.6. The van der Waals surface area contributed by atoms with E-state index in [0.717, 1.165) is 22.2 Å². The average Bonchev–Trinajstić information content (AvgIpc) is 3.22. The molecule has 3 rings (SSSR count). The molecule has 1 atom stereocenters. The van der Waals surface area contributed by atoms with Crippen LogP contribution in [0.4, 0.5) is 0 Å². The molecule has 0 radical (unpaired) electrons. The van der Waals surface area contributed by atoms with Crippen molar-refractivity contribution in [2.45, 2.75) is 26.3 Å². The van der Waals surface area contributed by atoms with Gasteiger partial charge in [0, 0.05) is 17.1 Å². The number of nitrogens with one attached hydrogen (secondary N) is 2. The van der Waals surface area contributed by atoms with E-state index < -0.39 is 0 Å². The van der Waals surface area contributed by atoms with Crippen LogP contribution in [0.5, 0.6) is 5.75 Å². The minimum absolute atomic E-state index is 0.0952. The molecule has 1 aromatic carbocycles. The lowest BCUT2D eigenvalue weighted by atomic mass is 10.0. The van der Waals surface area contributed by atoms with E-state index in [1.807, 2.05) is 38.2 Å². The van der Waals surface area contributed by atoms with Crippen LogP contribution in [0.25, 0.3) is 10.9 Å². The summed E-state index contributed by atoms with van der Waals surface area (Å²) in [4.78, 5) is 19.7. The number of rotatable bonds is 6. The minimum atomic E-state index is -0.281. The molecule has 0 saturated carbocycles. The summed E-state index contributed by atoms with van der Waals surface area (Å²) < 4.78 is 10.0. The second-order valence-corrected chi connectivity index (χ2v) is 5.98. The summed E-state index contributed by atoms with van der Waals surface area (Å²) in [6.07, 6.45) is 3.37. The van der Waals surface area contributed by atoms with Crippen LogP contribution in [0, 0.1) is 5.92 Å². The van der Waals surface area contributed by atoms with Crippen molar-refractivity contribution in [3.8, 4) is 5.75 Å². The van der Waals surface area contributed by atoms with Crippen molar-refractivity contribution in [1.29, 1.82) is 0 Å². The van der Waals surface area contributed by atoms with Gasteiger partial charge in [-0.1, -0.05) is 19.0 Å². The fourth-order valence-electron chi connectivity index (χ4n) is 2.67. The molecule has 0 saturated heterocycles. The molecule has 2 N–H and O–H groups in total. The van der Waals surface area contributed by atoms with E-state index in [-0.39, 0.29) is 24.3 Å². The number of fused-ring (bicyclic) bond motifs is 1. The number of aromatic amines is 1. The molecule has 0 spiro atoms. The molecular formula is C17H20N4O3. The second kappa shape index (κ2) is 6.74. The van der Waals surface area contributed by atoms with Crippen molar-refractivity contribution in [2.75, 3.05) is 7.11 Å². The third-order valence-electron chi connectivity index (χ3n) is 3.97. The van der Waals surface area contributed by atoms with Crippen molar-refractivity contribution >= 4 is 16.8 Å². The normalized spacial score (nSPS) is 12.5. The molecule has 0 bridgehead atoms. The number of aromatic nitrogens is 3. The maximum Gasteiger partial charge on any atom is 0.225 e. The summed E-state index contributed by atoms with van der Waals surface area (Å²) >= 11 is 0. The summed E-state index contributed by atoms with van der Waals surface area (Å²) in [5.74, 6) is 1.30. The zero-order valence-corrected chi connectivity index (χ0v) is 13.9. The average molecular weight is 328 g/mol. The van der Waals surface area contributed by atoms with Gasteiger partial charge in [-0.05, 0) is 29.7 Å². The Morgan fingerprint density at radius 2 is 2.25 bits per heavy atom. The van der Waals surface area contributed by atoms with Gasteiger partial charge in [0.15, 0.2) is 5.82 Å². The number of methoxy groups -OCH3 is 1. The lowest BCUT2D eigenvalue weighted by Gasteiger charge is -2.18. The largest absolute Gasteiger partial charge is 0.497 e. The molecule has 0 aliphatic carbocycles. The number of hydrogen-bond donors (Lipinski definition) is 2. The highest BCUT2D eigenvalue weighted by molar-refractivity contribution is 5.89. The van der Waals surface area contributed by atoms with Gasteiger partial charge in [0.2, 0.25) is 12.3 Å². The van der Waals surface area contributed by atoms with E-state index >= 15 is 0 Å². The van der Waals surface area contributed by atoms with Gasteiger partial charge < -0.3 is 19.6 Å². The van der Waals surface area contributed by atoms with Crippen LogP contribution in [0.15, 0.2) is 35.3 Å². The van der Waals surface area contributed by atoms with Crippen LogP contribution in [-0.4, -0.2) is 28.1 Å². The minimum Gasteiger partial charge on any atom is -0.497 e. The number of carbonyl (C=O) groups excluding carboxylic acids is 1. The van der Waals surface area contributed by atoms with E-state index in [9.17, 15) is 4.79 Å². The lowest BCUT2D eigenvalue weighted by molar-refractivity contribution is -0.121. The molecule has 7 heteroatoms. The standard InChI is InChI=1S/C17H20N4O3/c1-10(2)16(17-19-9-24-21-17)20-15(22)6-11-8-18-14-5-4-12(23-3)7-13(11)14/h4-5,7-10,16,18H,6H2,1-3H3,(H,20,22)/t16-/m0/s1. The summed E-state index contributed by atoms with van der Waals surface area (Å²) in [5, 5.41) is 7.80. The Hall–Kier alpha value is -2.83. The third kappa shape index (κ3) is 3.24. The molecule has 2 aromatic heterocycles. The van der Waals surface area contributed by atoms with Gasteiger partial charge in [-0.3, -0.25) is 4.79 Å². The van der Waals surface area contributed by atoms with Gasteiger partial charge in [0.25, 0.3) is 0 Å². The molecule has 2 heterocycles. The van der Waals surface area contributed by atoms with E-state index in [2.05, 4.69) is 20.4 Å². The van der Waals surface area contributed by atoms with Crippen LogP contribution in [0.2, 0.25) is 0 Å². The number of ether oxygens (including phenoxy) is 1. The first-order valence-corrected chi connectivity index (χ1v) is 7.78. The van der Waals surface area contributed by atoms with Crippen molar-refractivity contribution in [3.63, 3.8) is 0 Å². The lowest BCUT2D eigenvalue weighted by Crippen LogP contribution is -2.33. The van der Waals surface area contributed by atoms with E-state index in [4.69, 9.17) is 9.26 Å². The van der Waals surface area contributed by atoms with Crippen molar-refractivity contribution < 1.29 is 14.1 Å². The van der Waals surface area contributed by atoms with Gasteiger partial charge in [-0.25, -0.2) is 0 Å². The summed E-state index contributed by atoms with van der Waals surface area (Å²) in [7, 11) is 1.62. The van der Waals surface area contributed by atoms with Crippen LogP contribution in [0.1, 0.15) is 31.3 Å². The van der Waals surface area contributed by atoms with E-state index in [1.165, 1.54) is 6.39 Å². The molecule has 0 aliphatic heterocycles. The number of carbonyl (C=O) groups is 1. The molecule has 3 aromatic rings. The number of H-pyrrole nitrogens is 1. The quantitative estimate of drug-likeness (QED) is 0.725. The van der Waals surface area contributed by atoms with Gasteiger partial charge in [0.05, 0.1) is 19.6 Å². The molecule has 24 heavy (non-hydrogen) atoms. The Balaban J connectivity index is 1.77. The Morgan fingerprint density at radius 1 is 1.42 bits per heavy atom. The predicted molar refractivity (Wildman–Crippen MR) is 88.6 cm³/mol. The zero-order chi connectivity index (χ0) is 17.1. The van der Waals surface area contributed by atoms with Crippen LogP contribution >= 0.6 is 0 Å². The molecule has 0 unspecified atom stereocenters. The van der Waals surface area contributed by atoms with Crippen molar-refractivity contribution in [3.05, 3.63) is 42.2 Å². The number of nitrogens with zero attached hydrogens (tertiary/aromatic N) is 2. The smallest absolute Gasteiger partial charge is 0.225 e. The molecule has 0 aliphatic rings. The monoisotopic (exact) mass is 328 g/mol.